The lowest BCUT2D eigenvalue weighted by Crippen LogP contribution is -2.35. The lowest BCUT2D eigenvalue weighted by molar-refractivity contribution is -0.133. The van der Waals surface area contributed by atoms with Gasteiger partial charge in [-0.2, -0.15) is 0 Å². The average molecular weight is 350 g/mol. The van der Waals surface area contributed by atoms with Crippen LogP contribution in [0.25, 0.3) is 0 Å². The van der Waals surface area contributed by atoms with E-state index in [4.69, 9.17) is 4.98 Å². The first kappa shape index (κ1) is 17.2. The van der Waals surface area contributed by atoms with E-state index in [-0.39, 0.29) is 17.9 Å². The minimum absolute atomic E-state index is 0.00980. The van der Waals surface area contributed by atoms with Crippen LogP contribution in [-0.2, 0) is 17.8 Å². The molecule has 0 spiro atoms. The van der Waals surface area contributed by atoms with Crippen LogP contribution in [0.1, 0.15) is 59.9 Å². The van der Waals surface area contributed by atoms with Crippen LogP contribution in [0.3, 0.4) is 0 Å². The maximum Gasteiger partial charge on any atom is 0.230 e. The molecule has 0 aliphatic carbocycles. The van der Waals surface area contributed by atoms with Crippen LogP contribution in [0, 0.1) is 6.92 Å². The Labute approximate surface area is 154 Å². The third kappa shape index (κ3) is 3.23. The minimum Gasteiger partial charge on any atom is -0.332 e. The maximum absolute atomic E-state index is 13.2. The highest BCUT2D eigenvalue weighted by molar-refractivity contribution is 5.84. The third-order valence-electron chi connectivity index (χ3n) is 5.61. The second-order valence-corrected chi connectivity index (χ2v) is 7.45. The van der Waals surface area contributed by atoms with E-state index < -0.39 is 0 Å². The zero-order valence-corrected chi connectivity index (χ0v) is 15.5. The molecule has 0 bridgehead atoms. The van der Waals surface area contributed by atoms with Gasteiger partial charge in [0.25, 0.3) is 0 Å². The summed E-state index contributed by atoms with van der Waals surface area (Å²) in [5, 5.41) is 3.35. The van der Waals surface area contributed by atoms with Gasteiger partial charge >= 0.3 is 0 Å². The van der Waals surface area contributed by atoms with E-state index in [1.165, 1.54) is 11.1 Å². The van der Waals surface area contributed by atoms with Crippen LogP contribution in [0.15, 0.2) is 30.5 Å². The number of amides is 1. The number of fused-ring (bicyclic) bond motifs is 1. The van der Waals surface area contributed by atoms with E-state index in [0.29, 0.717) is 0 Å². The summed E-state index contributed by atoms with van der Waals surface area (Å²) in [6.07, 6.45) is 4.84. The number of aromatic nitrogens is 2. The van der Waals surface area contributed by atoms with Crippen molar-refractivity contribution in [3.8, 4) is 0 Å². The fourth-order valence-corrected chi connectivity index (χ4v) is 3.96. The summed E-state index contributed by atoms with van der Waals surface area (Å²) in [5.41, 5.74) is 4.61. The van der Waals surface area contributed by atoms with Crippen molar-refractivity contribution in [2.24, 2.45) is 0 Å². The molecule has 2 atom stereocenters. The number of nitrogens with zero attached hydrogens (tertiary/aromatic N) is 3. The van der Waals surface area contributed by atoms with Gasteiger partial charge < -0.3 is 10.2 Å². The molecule has 0 saturated carbocycles. The summed E-state index contributed by atoms with van der Waals surface area (Å²) in [7, 11) is 0. The van der Waals surface area contributed by atoms with Crippen molar-refractivity contribution in [2.45, 2.75) is 51.6 Å². The second kappa shape index (κ2) is 7.16. The molecule has 5 nitrogen and oxygen atoms in total. The van der Waals surface area contributed by atoms with Crippen molar-refractivity contribution in [3.63, 3.8) is 0 Å². The highest BCUT2D eigenvalue weighted by Crippen LogP contribution is 2.33. The van der Waals surface area contributed by atoms with Gasteiger partial charge in [0.15, 0.2) is 5.82 Å². The largest absolute Gasteiger partial charge is 0.332 e. The van der Waals surface area contributed by atoms with Crippen LogP contribution in [0.4, 0.5) is 0 Å². The number of benzene rings is 1. The number of carbonyl (C=O) groups excluding carboxylic acids is 1. The fourth-order valence-electron chi connectivity index (χ4n) is 3.96. The zero-order chi connectivity index (χ0) is 18.1. The Hall–Kier alpha value is -2.27. The molecule has 3 heterocycles. The molecule has 4 rings (SSSR count). The van der Waals surface area contributed by atoms with Crippen molar-refractivity contribution in [2.75, 3.05) is 13.1 Å². The topological polar surface area (TPSA) is 58.1 Å². The number of nitrogens with one attached hydrogen (secondary N) is 1. The molecule has 5 heteroatoms. The first-order valence-corrected chi connectivity index (χ1v) is 9.56. The number of hydrogen-bond acceptors (Lipinski definition) is 4. The van der Waals surface area contributed by atoms with E-state index in [0.717, 1.165) is 56.0 Å². The van der Waals surface area contributed by atoms with E-state index in [1.54, 1.807) is 0 Å². The molecule has 26 heavy (non-hydrogen) atoms. The molecule has 2 unspecified atom stereocenters. The van der Waals surface area contributed by atoms with Gasteiger partial charge in [0, 0.05) is 43.5 Å². The average Bonchev–Trinajstić information content (AvgIpc) is 3.17. The van der Waals surface area contributed by atoms with Gasteiger partial charge in [0.05, 0.1) is 12.0 Å². The van der Waals surface area contributed by atoms with Crippen LogP contribution in [0.2, 0.25) is 0 Å². The summed E-state index contributed by atoms with van der Waals surface area (Å²) < 4.78 is 0. The fraction of sp³-hybridized carbons (Fsp3) is 0.476. The number of carbonyl (C=O) groups is 1. The first-order valence-electron chi connectivity index (χ1n) is 9.56. The Morgan fingerprint density at radius 2 is 2.12 bits per heavy atom. The van der Waals surface area contributed by atoms with Gasteiger partial charge in [-0.05, 0) is 32.3 Å². The molecule has 1 amide bonds. The molecule has 2 aromatic rings. The highest BCUT2D eigenvalue weighted by atomic mass is 16.2. The number of likely N-dealkylation sites (tertiary alicyclic amines) is 1. The molecule has 0 radical (unpaired) electrons. The first-order chi connectivity index (χ1) is 12.6. The predicted molar refractivity (Wildman–Crippen MR) is 101 cm³/mol. The van der Waals surface area contributed by atoms with Gasteiger partial charge in [-0.15, -0.1) is 0 Å². The molecule has 136 valence electrons. The Morgan fingerprint density at radius 1 is 1.31 bits per heavy atom. The van der Waals surface area contributed by atoms with Crippen molar-refractivity contribution in [3.05, 3.63) is 58.7 Å². The normalized spacial score (nSPS) is 20.7. The smallest absolute Gasteiger partial charge is 0.230 e. The number of hydrogen-bond donors (Lipinski definition) is 1. The van der Waals surface area contributed by atoms with Gasteiger partial charge in [-0.1, -0.05) is 29.8 Å². The van der Waals surface area contributed by atoms with Crippen molar-refractivity contribution >= 4 is 5.91 Å². The summed E-state index contributed by atoms with van der Waals surface area (Å²) in [4.78, 5) is 24.6. The lowest BCUT2D eigenvalue weighted by atomic mass is 9.98. The molecule has 1 aromatic carbocycles. The van der Waals surface area contributed by atoms with Crippen molar-refractivity contribution in [1.29, 1.82) is 0 Å². The van der Waals surface area contributed by atoms with E-state index in [1.807, 2.05) is 18.0 Å². The van der Waals surface area contributed by atoms with E-state index in [2.05, 4.69) is 41.5 Å². The summed E-state index contributed by atoms with van der Waals surface area (Å²) >= 11 is 0. The summed E-state index contributed by atoms with van der Waals surface area (Å²) in [6, 6.07) is 8.27. The van der Waals surface area contributed by atoms with Crippen LogP contribution < -0.4 is 5.32 Å². The highest BCUT2D eigenvalue weighted by Gasteiger charge is 2.34. The Kier molecular flexibility index (Phi) is 4.72. The Bertz CT molecular complexity index is 802. The molecular formula is C21H26N4O. The van der Waals surface area contributed by atoms with Crippen molar-refractivity contribution in [1.82, 2.24) is 20.2 Å². The molecular weight excluding hydrogens is 324 g/mol. The molecule has 2 aliphatic rings. The number of rotatable bonds is 3. The summed E-state index contributed by atoms with van der Waals surface area (Å²) in [6.45, 7) is 6.66. The Morgan fingerprint density at radius 3 is 2.92 bits per heavy atom. The number of aryl methyl sites for hydroxylation is 1. The molecule has 1 saturated heterocycles. The maximum atomic E-state index is 13.2. The Balaban J connectivity index is 1.56. The monoisotopic (exact) mass is 350 g/mol. The lowest BCUT2D eigenvalue weighted by Gasteiger charge is -2.27. The SMILES string of the molecule is Cc1ccc(C(C)C(=O)N2CCCC2c2ncc3c(n2)CCNC3)cc1. The standard InChI is InChI=1S/C21H26N4O/c1-14-5-7-16(8-6-14)15(2)21(26)25-11-3-4-19(25)20-23-13-17-12-22-10-9-18(17)24-20/h5-8,13,15,19,22H,3-4,9-12H2,1-2H3. The van der Waals surface area contributed by atoms with Gasteiger partial charge in [0.1, 0.15) is 0 Å². The molecule has 1 N–H and O–H groups in total. The van der Waals surface area contributed by atoms with Gasteiger partial charge in [-0.25, -0.2) is 9.97 Å². The van der Waals surface area contributed by atoms with Crippen LogP contribution >= 0.6 is 0 Å². The quantitative estimate of drug-likeness (QED) is 0.925. The molecule has 1 fully saturated rings. The van der Waals surface area contributed by atoms with E-state index in [9.17, 15) is 4.79 Å². The third-order valence-corrected chi connectivity index (χ3v) is 5.61. The predicted octanol–water partition coefficient (Wildman–Crippen LogP) is 2.90. The zero-order valence-electron chi connectivity index (χ0n) is 15.5. The minimum atomic E-state index is -0.141. The summed E-state index contributed by atoms with van der Waals surface area (Å²) in [5.74, 6) is 0.852. The van der Waals surface area contributed by atoms with Crippen molar-refractivity contribution < 1.29 is 4.79 Å². The van der Waals surface area contributed by atoms with E-state index >= 15 is 0 Å². The molecule has 2 aliphatic heterocycles. The molecule has 1 aromatic heterocycles. The second-order valence-electron chi connectivity index (χ2n) is 7.45. The van der Waals surface area contributed by atoms with Crippen LogP contribution in [-0.4, -0.2) is 33.9 Å². The van der Waals surface area contributed by atoms with Gasteiger partial charge in [-0.3, -0.25) is 4.79 Å². The van der Waals surface area contributed by atoms with Gasteiger partial charge in [0.2, 0.25) is 5.91 Å². The van der Waals surface area contributed by atoms with Crippen LogP contribution in [0.5, 0.6) is 0 Å².